The minimum absolute atomic E-state index is 0.0475. The van der Waals surface area contributed by atoms with E-state index in [1.807, 2.05) is 18.2 Å². The van der Waals surface area contributed by atoms with Gasteiger partial charge in [-0.2, -0.15) is 0 Å². The molecule has 3 amide bonds. The molecule has 3 aliphatic rings. The Bertz CT molecular complexity index is 1330. The number of ether oxygens (including phenoxy) is 1. The first kappa shape index (κ1) is 30.9. The van der Waals surface area contributed by atoms with Gasteiger partial charge < -0.3 is 30.9 Å². The van der Waals surface area contributed by atoms with E-state index in [1.54, 1.807) is 23.6 Å². The molecule has 2 aromatic carbocycles. The largest absolute Gasteiger partial charge is 0.484 e. The lowest BCUT2D eigenvalue weighted by molar-refractivity contribution is -0.638. The number of amides is 3. The fourth-order valence-electron chi connectivity index (χ4n) is 6.21. The van der Waals surface area contributed by atoms with Gasteiger partial charge in [-0.3, -0.25) is 14.4 Å². The van der Waals surface area contributed by atoms with Crippen LogP contribution in [-0.2, 0) is 4.79 Å². The summed E-state index contributed by atoms with van der Waals surface area (Å²) in [4.78, 5) is 42.9. The summed E-state index contributed by atoms with van der Waals surface area (Å²) in [5.74, 6) is 0.0516. The zero-order chi connectivity index (χ0) is 30.6. The number of halogens is 1. The highest BCUT2D eigenvalue weighted by atomic mass is 19.1. The van der Waals surface area contributed by atoms with E-state index in [1.165, 1.54) is 37.5 Å². The Morgan fingerprint density at radius 1 is 0.953 bits per heavy atom. The van der Waals surface area contributed by atoms with Gasteiger partial charge in [0, 0.05) is 49.4 Å². The van der Waals surface area contributed by atoms with Crippen molar-refractivity contribution < 1.29 is 34.6 Å². The second-order valence-corrected chi connectivity index (χ2v) is 12.8. The molecule has 5 rings (SSSR count). The summed E-state index contributed by atoms with van der Waals surface area (Å²) in [5.41, 5.74) is 5.28. The van der Waals surface area contributed by atoms with Crippen molar-refractivity contribution in [1.29, 1.82) is 0 Å². The maximum atomic E-state index is 14.5. The van der Waals surface area contributed by atoms with Gasteiger partial charge in [0.05, 0.1) is 18.5 Å². The van der Waals surface area contributed by atoms with Crippen molar-refractivity contribution in [2.75, 3.05) is 51.1 Å². The van der Waals surface area contributed by atoms with Gasteiger partial charge in [-0.15, -0.1) is 0 Å². The summed E-state index contributed by atoms with van der Waals surface area (Å²) < 4.78 is 20.9. The van der Waals surface area contributed by atoms with Crippen LogP contribution >= 0.6 is 0 Å². The van der Waals surface area contributed by atoms with E-state index in [4.69, 9.17) is 4.74 Å². The molecule has 0 spiro atoms. The summed E-state index contributed by atoms with van der Waals surface area (Å²) in [5, 5.41) is 4.99. The molecule has 232 valence electrons. The van der Waals surface area contributed by atoms with Crippen molar-refractivity contribution in [3.8, 4) is 5.75 Å². The number of benzene rings is 2. The monoisotopic (exact) mass is 595 g/mol. The summed E-state index contributed by atoms with van der Waals surface area (Å²) in [6.07, 6.45) is 7.13. The molecule has 2 saturated heterocycles. The zero-order valence-corrected chi connectivity index (χ0v) is 25.5. The first-order valence-electron chi connectivity index (χ1n) is 15.8. The predicted molar refractivity (Wildman–Crippen MR) is 161 cm³/mol. The third kappa shape index (κ3) is 7.36. The highest BCUT2D eigenvalue weighted by Gasteiger charge is 2.31. The topological polar surface area (TPSA) is 123 Å². The van der Waals surface area contributed by atoms with Crippen LogP contribution in [0.5, 0.6) is 5.75 Å². The molecule has 2 aliphatic heterocycles. The molecule has 0 unspecified atom stereocenters. The van der Waals surface area contributed by atoms with Crippen molar-refractivity contribution in [2.45, 2.75) is 64.4 Å². The molecule has 2 heterocycles. The van der Waals surface area contributed by atoms with Crippen LogP contribution in [0.1, 0.15) is 84.6 Å². The Morgan fingerprint density at radius 3 is 2.26 bits per heavy atom. The van der Waals surface area contributed by atoms with Crippen LogP contribution in [0.2, 0.25) is 0 Å². The van der Waals surface area contributed by atoms with Gasteiger partial charge in [-0.25, -0.2) is 4.39 Å². The SMILES string of the molecule is CC(C)(C[NH3+])C(=O)Nc1cc(F)cc(C(=O)N2CCN(C(=O)c3ccc(O[C@H]4CC[NH2+]C4)c(C4CCCCC4)c3)CC2)c1. The number of nitrogens with two attached hydrogens (primary N) is 1. The van der Waals surface area contributed by atoms with Crippen molar-refractivity contribution >= 4 is 23.4 Å². The van der Waals surface area contributed by atoms with E-state index in [0.29, 0.717) is 44.2 Å². The average molecular weight is 596 g/mol. The zero-order valence-electron chi connectivity index (χ0n) is 25.5. The number of anilines is 1. The lowest BCUT2D eigenvalue weighted by Crippen LogP contribution is -2.81. The Balaban J connectivity index is 1.24. The lowest BCUT2D eigenvalue weighted by Gasteiger charge is -2.35. The lowest BCUT2D eigenvalue weighted by atomic mass is 9.83. The fourth-order valence-corrected chi connectivity index (χ4v) is 6.21. The molecule has 1 saturated carbocycles. The summed E-state index contributed by atoms with van der Waals surface area (Å²) in [6.45, 7) is 7.40. The number of piperazine rings is 1. The summed E-state index contributed by atoms with van der Waals surface area (Å²) >= 11 is 0. The molecular weight excluding hydrogens is 549 g/mol. The van der Waals surface area contributed by atoms with Crippen molar-refractivity contribution in [2.24, 2.45) is 5.41 Å². The highest BCUT2D eigenvalue weighted by molar-refractivity contribution is 5.99. The van der Waals surface area contributed by atoms with Crippen LogP contribution in [0, 0.1) is 11.2 Å². The van der Waals surface area contributed by atoms with E-state index in [9.17, 15) is 18.8 Å². The van der Waals surface area contributed by atoms with E-state index in [2.05, 4.69) is 16.4 Å². The number of nitrogens with zero attached hydrogens (tertiary/aromatic N) is 2. The summed E-state index contributed by atoms with van der Waals surface area (Å²) in [7, 11) is 0. The van der Waals surface area contributed by atoms with E-state index in [-0.39, 0.29) is 35.1 Å². The first-order valence-corrected chi connectivity index (χ1v) is 15.8. The number of hydrogen-bond donors (Lipinski definition) is 3. The van der Waals surface area contributed by atoms with Crippen LogP contribution < -0.4 is 21.1 Å². The number of nitrogens with one attached hydrogen (secondary N) is 1. The maximum absolute atomic E-state index is 14.5. The van der Waals surface area contributed by atoms with Gasteiger partial charge in [0.2, 0.25) is 5.91 Å². The molecule has 3 fully saturated rings. The summed E-state index contributed by atoms with van der Waals surface area (Å²) in [6, 6.07) is 9.78. The molecule has 1 atom stereocenters. The van der Waals surface area contributed by atoms with Crippen LogP contribution in [0.15, 0.2) is 36.4 Å². The molecule has 43 heavy (non-hydrogen) atoms. The Labute approximate surface area is 253 Å². The second kappa shape index (κ2) is 13.4. The number of quaternary nitrogens is 2. The Morgan fingerprint density at radius 2 is 1.63 bits per heavy atom. The van der Waals surface area contributed by atoms with Gasteiger partial charge in [0.15, 0.2) is 6.10 Å². The quantitative estimate of drug-likeness (QED) is 0.434. The average Bonchev–Trinajstić information content (AvgIpc) is 3.54. The first-order chi connectivity index (χ1) is 20.6. The van der Waals surface area contributed by atoms with Crippen LogP contribution in [0.25, 0.3) is 0 Å². The van der Waals surface area contributed by atoms with Crippen molar-refractivity contribution in [3.63, 3.8) is 0 Å². The Kier molecular flexibility index (Phi) is 9.66. The smallest absolute Gasteiger partial charge is 0.254 e. The molecule has 0 aromatic heterocycles. The normalized spacial score (nSPS) is 19.8. The molecule has 0 bridgehead atoms. The molecule has 9 nitrogen and oxygen atoms in total. The second-order valence-electron chi connectivity index (χ2n) is 12.8. The molecule has 6 N–H and O–H groups in total. The molecule has 2 aromatic rings. The van der Waals surface area contributed by atoms with E-state index in [0.717, 1.165) is 43.7 Å². The number of carbonyl (C=O) groups is 3. The van der Waals surface area contributed by atoms with Gasteiger partial charge in [-0.05, 0) is 74.6 Å². The third-order valence-corrected chi connectivity index (χ3v) is 9.21. The van der Waals surface area contributed by atoms with Gasteiger partial charge in [0.1, 0.15) is 18.1 Å². The molecular formula is C33H46FN5O4+2. The number of carbonyl (C=O) groups excluding carboxylic acids is 3. The van der Waals surface area contributed by atoms with Crippen LogP contribution in [-0.4, -0.2) is 79.4 Å². The Hall–Kier alpha value is -3.50. The molecule has 10 heteroatoms. The van der Waals surface area contributed by atoms with E-state index >= 15 is 0 Å². The molecule has 0 radical (unpaired) electrons. The van der Waals surface area contributed by atoms with Crippen molar-refractivity contribution in [3.05, 3.63) is 58.9 Å². The number of hydrogen-bond acceptors (Lipinski definition) is 4. The van der Waals surface area contributed by atoms with Crippen molar-refractivity contribution in [1.82, 2.24) is 9.80 Å². The maximum Gasteiger partial charge on any atom is 0.254 e. The van der Waals surface area contributed by atoms with Gasteiger partial charge in [0.25, 0.3) is 11.8 Å². The third-order valence-electron chi connectivity index (χ3n) is 9.21. The predicted octanol–water partition coefficient (Wildman–Crippen LogP) is 2.39. The highest BCUT2D eigenvalue weighted by Crippen LogP contribution is 2.39. The van der Waals surface area contributed by atoms with Gasteiger partial charge >= 0.3 is 0 Å². The van der Waals surface area contributed by atoms with E-state index < -0.39 is 11.2 Å². The fraction of sp³-hybridized carbons (Fsp3) is 0.545. The minimum Gasteiger partial charge on any atom is -0.484 e. The standard InChI is InChI=1S/C33H44FN5O4/c1-33(2,21-35)32(42)37-26-17-24(16-25(34)19-26)31(41)39-14-12-38(13-15-39)30(40)23-8-9-29(43-27-10-11-36-20-27)28(18-23)22-6-4-3-5-7-22/h8-9,16-19,22,27,36H,3-7,10-15,20-21,35H2,1-2H3,(H,37,42)/p+2/t27-/m0/s1. The van der Waals surface area contributed by atoms with Gasteiger partial charge in [-0.1, -0.05) is 19.3 Å². The minimum atomic E-state index is -0.724. The number of rotatable bonds is 8. The molecule has 1 aliphatic carbocycles. The van der Waals surface area contributed by atoms with Crippen LogP contribution in [0.4, 0.5) is 10.1 Å². The van der Waals surface area contributed by atoms with Crippen LogP contribution in [0.3, 0.4) is 0 Å².